The standard InChI is InChI=1S/C20H23NO2Si/c1-22-19-12-10-17(11-13-19)16-23-21-20(14-15-24(2,3)4)18-8-6-5-7-9-18/h5-13H,16H2,1-4H3/b21-20+. The molecule has 0 aliphatic rings. The molecule has 2 rings (SSSR count). The maximum absolute atomic E-state index is 5.54. The summed E-state index contributed by atoms with van der Waals surface area (Å²) in [7, 11) is 0.174. The Morgan fingerprint density at radius 2 is 1.67 bits per heavy atom. The highest BCUT2D eigenvalue weighted by Gasteiger charge is 2.09. The van der Waals surface area contributed by atoms with E-state index >= 15 is 0 Å². The summed E-state index contributed by atoms with van der Waals surface area (Å²) in [6.07, 6.45) is 0. The highest BCUT2D eigenvalue weighted by Crippen LogP contribution is 2.12. The number of rotatable bonds is 5. The Bertz CT molecular complexity index is 735. The van der Waals surface area contributed by atoms with E-state index in [9.17, 15) is 0 Å². The van der Waals surface area contributed by atoms with Crippen LogP contribution in [0.5, 0.6) is 5.75 Å². The van der Waals surface area contributed by atoms with E-state index in [-0.39, 0.29) is 0 Å². The fourth-order valence-corrected chi connectivity index (χ4v) is 2.38. The van der Waals surface area contributed by atoms with Crippen molar-refractivity contribution in [3.63, 3.8) is 0 Å². The van der Waals surface area contributed by atoms with Gasteiger partial charge < -0.3 is 9.57 Å². The molecule has 0 fully saturated rings. The van der Waals surface area contributed by atoms with Crippen molar-refractivity contribution in [3.8, 4) is 17.2 Å². The molecule has 0 bridgehead atoms. The monoisotopic (exact) mass is 337 g/mol. The van der Waals surface area contributed by atoms with Gasteiger partial charge in [-0.05, 0) is 23.6 Å². The van der Waals surface area contributed by atoms with Crippen LogP contribution in [0.1, 0.15) is 11.1 Å². The largest absolute Gasteiger partial charge is 0.497 e. The van der Waals surface area contributed by atoms with Gasteiger partial charge in [-0.3, -0.25) is 0 Å². The fraction of sp³-hybridized carbons (Fsp3) is 0.250. The van der Waals surface area contributed by atoms with Crippen LogP contribution in [0.4, 0.5) is 0 Å². The number of benzene rings is 2. The molecule has 0 aromatic heterocycles. The second-order valence-corrected chi connectivity index (χ2v) is 11.2. The van der Waals surface area contributed by atoms with E-state index < -0.39 is 8.07 Å². The SMILES string of the molecule is COc1ccc(CO/N=C(\C#C[Si](C)(C)C)c2ccccc2)cc1. The molecule has 0 heterocycles. The summed E-state index contributed by atoms with van der Waals surface area (Å²) in [5.41, 5.74) is 6.02. The van der Waals surface area contributed by atoms with Crippen molar-refractivity contribution in [1.82, 2.24) is 0 Å². The second-order valence-electron chi connectivity index (χ2n) is 6.43. The van der Waals surface area contributed by atoms with Gasteiger partial charge in [-0.1, -0.05) is 67.3 Å². The molecule has 0 saturated heterocycles. The van der Waals surface area contributed by atoms with Crippen LogP contribution in [0.15, 0.2) is 59.8 Å². The maximum atomic E-state index is 5.54. The normalized spacial score (nSPS) is 11.4. The highest BCUT2D eigenvalue weighted by molar-refractivity contribution is 6.84. The zero-order valence-electron chi connectivity index (χ0n) is 14.7. The van der Waals surface area contributed by atoms with E-state index in [4.69, 9.17) is 9.57 Å². The molecule has 0 aliphatic heterocycles. The van der Waals surface area contributed by atoms with Crippen LogP contribution in [0.25, 0.3) is 0 Å². The third kappa shape index (κ3) is 5.94. The summed E-state index contributed by atoms with van der Waals surface area (Å²) in [6.45, 7) is 7.03. The molecule has 24 heavy (non-hydrogen) atoms. The summed E-state index contributed by atoms with van der Waals surface area (Å²) < 4.78 is 5.15. The molecule has 0 unspecified atom stereocenters. The van der Waals surface area contributed by atoms with E-state index in [1.54, 1.807) is 7.11 Å². The molecule has 0 atom stereocenters. The summed E-state index contributed by atoms with van der Waals surface area (Å²) in [5.74, 6) is 4.02. The minimum Gasteiger partial charge on any atom is -0.497 e. The molecule has 2 aromatic carbocycles. The minimum absolute atomic E-state index is 0.398. The molecular weight excluding hydrogens is 314 g/mol. The average molecular weight is 337 g/mol. The van der Waals surface area contributed by atoms with Crippen molar-refractivity contribution in [2.75, 3.05) is 7.11 Å². The zero-order chi connectivity index (χ0) is 17.4. The van der Waals surface area contributed by atoms with Gasteiger partial charge in [0.25, 0.3) is 0 Å². The van der Waals surface area contributed by atoms with Crippen LogP contribution in [-0.2, 0) is 11.4 Å². The molecule has 4 heteroatoms. The topological polar surface area (TPSA) is 30.8 Å². The Balaban J connectivity index is 2.13. The summed E-state index contributed by atoms with van der Waals surface area (Å²) >= 11 is 0. The van der Waals surface area contributed by atoms with Crippen LogP contribution in [-0.4, -0.2) is 20.9 Å². The highest BCUT2D eigenvalue weighted by atomic mass is 28.3. The molecule has 2 aromatic rings. The van der Waals surface area contributed by atoms with Gasteiger partial charge in [-0.25, -0.2) is 0 Å². The Morgan fingerprint density at radius 3 is 2.25 bits per heavy atom. The Kier molecular flexibility index (Phi) is 6.22. The molecule has 0 radical (unpaired) electrons. The molecular formula is C20H23NO2Si. The van der Waals surface area contributed by atoms with Gasteiger partial charge in [-0.15, -0.1) is 5.54 Å². The Hall–Kier alpha value is -2.51. The van der Waals surface area contributed by atoms with Crippen LogP contribution in [0, 0.1) is 11.5 Å². The Morgan fingerprint density at radius 1 is 1.00 bits per heavy atom. The van der Waals surface area contributed by atoms with Gasteiger partial charge in [-0.2, -0.15) is 0 Å². The average Bonchev–Trinajstić information content (AvgIpc) is 2.58. The van der Waals surface area contributed by atoms with Gasteiger partial charge in [0.1, 0.15) is 20.4 Å². The van der Waals surface area contributed by atoms with Crippen molar-refractivity contribution in [2.45, 2.75) is 26.2 Å². The first-order valence-electron chi connectivity index (χ1n) is 7.89. The maximum Gasteiger partial charge on any atom is 0.159 e. The first kappa shape index (κ1) is 17.8. The molecule has 0 spiro atoms. The van der Waals surface area contributed by atoms with Gasteiger partial charge in [0.05, 0.1) is 7.11 Å². The van der Waals surface area contributed by atoms with Crippen LogP contribution < -0.4 is 4.74 Å². The first-order valence-corrected chi connectivity index (χ1v) is 11.4. The van der Waals surface area contributed by atoms with Crippen molar-refractivity contribution < 1.29 is 9.57 Å². The number of nitrogens with zero attached hydrogens (tertiary/aromatic N) is 1. The van der Waals surface area contributed by atoms with E-state index in [1.807, 2.05) is 54.6 Å². The molecule has 124 valence electrons. The second kappa shape index (κ2) is 8.37. The summed E-state index contributed by atoms with van der Waals surface area (Å²) in [6, 6.07) is 17.7. The number of oxime groups is 1. The van der Waals surface area contributed by atoms with Crippen molar-refractivity contribution in [3.05, 3.63) is 65.7 Å². The smallest absolute Gasteiger partial charge is 0.159 e. The lowest BCUT2D eigenvalue weighted by atomic mass is 10.1. The molecule has 0 aliphatic carbocycles. The van der Waals surface area contributed by atoms with Crippen molar-refractivity contribution in [2.24, 2.45) is 5.16 Å². The van der Waals surface area contributed by atoms with Crippen molar-refractivity contribution >= 4 is 13.8 Å². The Labute approximate surface area is 145 Å². The van der Waals surface area contributed by atoms with Crippen LogP contribution >= 0.6 is 0 Å². The predicted octanol–water partition coefficient (Wildman–Crippen LogP) is 4.50. The van der Waals surface area contributed by atoms with Crippen LogP contribution in [0.2, 0.25) is 19.6 Å². The first-order chi connectivity index (χ1) is 11.5. The fourth-order valence-electron chi connectivity index (χ4n) is 1.88. The molecule has 0 saturated carbocycles. The predicted molar refractivity (Wildman–Crippen MR) is 102 cm³/mol. The number of methoxy groups -OCH3 is 1. The van der Waals surface area contributed by atoms with E-state index in [0.29, 0.717) is 12.3 Å². The lowest BCUT2D eigenvalue weighted by Gasteiger charge is -2.06. The van der Waals surface area contributed by atoms with Crippen molar-refractivity contribution in [1.29, 1.82) is 0 Å². The van der Waals surface area contributed by atoms with E-state index in [2.05, 4.69) is 36.3 Å². The quantitative estimate of drug-likeness (QED) is 0.348. The third-order valence-corrected chi connectivity index (χ3v) is 4.02. The van der Waals surface area contributed by atoms with E-state index in [0.717, 1.165) is 16.9 Å². The van der Waals surface area contributed by atoms with E-state index in [1.165, 1.54) is 0 Å². The van der Waals surface area contributed by atoms with Gasteiger partial charge in [0.15, 0.2) is 5.71 Å². The minimum atomic E-state index is -1.48. The molecule has 3 nitrogen and oxygen atoms in total. The summed E-state index contributed by atoms with van der Waals surface area (Å²) in [4.78, 5) is 5.54. The van der Waals surface area contributed by atoms with Crippen LogP contribution in [0.3, 0.4) is 0 Å². The van der Waals surface area contributed by atoms with Gasteiger partial charge >= 0.3 is 0 Å². The zero-order valence-corrected chi connectivity index (χ0v) is 15.7. The van der Waals surface area contributed by atoms with Gasteiger partial charge in [0, 0.05) is 5.56 Å². The number of hydrogen-bond donors (Lipinski definition) is 0. The lowest BCUT2D eigenvalue weighted by Crippen LogP contribution is -2.17. The number of hydrogen-bond acceptors (Lipinski definition) is 3. The number of ether oxygens (including phenoxy) is 1. The van der Waals surface area contributed by atoms with Gasteiger partial charge in [0.2, 0.25) is 0 Å². The summed E-state index contributed by atoms with van der Waals surface area (Å²) in [5, 5.41) is 4.27. The third-order valence-electron chi connectivity index (χ3n) is 3.15. The molecule has 0 N–H and O–H groups in total. The molecule has 0 amide bonds. The lowest BCUT2D eigenvalue weighted by molar-refractivity contribution is 0.131.